The molecule has 2 aliphatic carbocycles. The third-order valence-corrected chi connectivity index (χ3v) is 5.08. The van der Waals surface area contributed by atoms with Crippen molar-refractivity contribution < 1.29 is 19.1 Å². The number of rotatable bonds is 6. The van der Waals surface area contributed by atoms with Gasteiger partial charge in [-0.15, -0.1) is 0 Å². The lowest BCUT2D eigenvalue weighted by Crippen LogP contribution is -2.36. The molecule has 0 aromatic carbocycles. The molecule has 6 nitrogen and oxygen atoms in total. The zero-order chi connectivity index (χ0) is 18.8. The van der Waals surface area contributed by atoms with Gasteiger partial charge in [0.15, 0.2) is 12.4 Å². The first-order valence-corrected chi connectivity index (χ1v) is 9.28. The Morgan fingerprint density at radius 2 is 1.96 bits per heavy atom. The van der Waals surface area contributed by atoms with Gasteiger partial charge in [-0.1, -0.05) is 6.08 Å². The molecule has 0 atom stereocenters. The number of nitrogens with one attached hydrogen (secondary N) is 1. The van der Waals surface area contributed by atoms with Crippen LogP contribution in [-0.2, 0) is 9.53 Å². The number of carbonyl (C=O) groups excluding carboxylic acids is 3. The van der Waals surface area contributed by atoms with Crippen LogP contribution in [0.2, 0.25) is 0 Å². The number of hydrogen-bond acceptors (Lipinski definition) is 4. The summed E-state index contributed by atoms with van der Waals surface area (Å²) in [6, 6.07) is 0.254. The molecule has 1 fully saturated rings. The van der Waals surface area contributed by atoms with Gasteiger partial charge in [0, 0.05) is 23.0 Å². The highest BCUT2D eigenvalue weighted by Crippen LogP contribution is 2.33. The SMILES string of the molecule is CC(=O)c1c(C)[nH]c(C(=O)OCC(=O)N(C2=CCCCC2)C2CC2)c1C. The summed E-state index contributed by atoms with van der Waals surface area (Å²) in [4.78, 5) is 41.5. The number of amides is 1. The van der Waals surface area contributed by atoms with E-state index in [4.69, 9.17) is 4.74 Å². The van der Waals surface area contributed by atoms with E-state index >= 15 is 0 Å². The first kappa shape index (κ1) is 18.4. The van der Waals surface area contributed by atoms with Crippen molar-refractivity contribution in [1.29, 1.82) is 0 Å². The largest absolute Gasteiger partial charge is 0.451 e. The number of ether oxygens (including phenoxy) is 1. The molecule has 1 N–H and O–H groups in total. The van der Waals surface area contributed by atoms with Gasteiger partial charge in [-0.25, -0.2) is 4.79 Å². The Balaban J connectivity index is 1.67. The van der Waals surface area contributed by atoms with Crippen LogP contribution in [0.15, 0.2) is 11.8 Å². The van der Waals surface area contributed by atoms with Crippen molar-refractivity contribution >= 4 is 17.7 Å². The molecule has 140 valence electrons. The van der Waals surface area contributed by atoms with Crippen LogP contribution >= 0.6 is 0 Å². The van der Waals surface area contributed by atoms with Crippen LogP contribution in [0, 0.1) is 13.8 Å². The van der Waals surface area contributed by atoms with Gasteiger partial charge >= 0.3 is 5.97 Å². The highest BCUT2D eigenvalue weighted by Gasteiger charge is 2.35. The Morgan fingerprint density at radius 3 is 2.50 bits per heavy atom. The molecule has 0 saturated heterocycles. The molecule has 26 heavy (non-hydrogen) atoms. The molecule has 0 radical (unpaired) electrons. The maximum Gasteiger partial charge on any atom is 0.355 e. The van der Waals surface area contributed by atoms with Gasteiger partial charge in [0.25, 0.3) is 5.91 Å². The molecule has 6 heteroatoms. The number of hydrogen-bond donors (Lipinski definition) is 1. The molecule has 1 aromatic rings. The summed E-state index contributed by atoms with van der Waals surface area (Å²) < 4.78 is 5.27. The van der Waals surface area contributed by atoms with E-state index < -0.39 is 5.97 Å². The van der Waals surface area contributed by atoms with Crippen LogP contribution in [0.3, 0.4) is 0 Å². The molecule has 0 bridgehead atoms. The lowest BCUT2D eigenvalue weighted by molar-refractivity contribution is -0.133. The van der Waals surface area contributed by atoms with Crippen LogP contribution in [0.25, 0.3) is 0 Å². The van der Waals surface area contributed by atoms with Gasteiger partial charge in [0.05, 0.1) is 0 Å². The van der Waals surface area contributed by atoms with Crippen molar-refractivity contribution in [3.8, 4) is 0 Å². The van der Waals surface area contributed by atoms with E-state index in [0.717, 1.165) is 44.2 Å². The third kappa shape index (κ3) is 3.74. The van der Waals surface area contributed by atoms with E-state index in [0.29, 0.717) is 16.8 Å². The van der Waals surface area contributed by atoms with Gasteiger partial charge in [-0.05, 0) is 64.9 Å². The molecule has 2 aliphatic rings. The van der Waals surface area contributed by atoms with E-state index in [1.807, 2.05) is 4.90 Å². The van der Waals surface area contributed by atoms with Gasteiger partial charge in [-0.3, -0.25) is 9.59 Å². The smallest absolute Gasteiger partial charge is 0.355 e. The van der Waals surface area contributed by atoms with E-state index in [1.165, 1.54) is 6.92 Å². The topological polar surface area (TPSA) is 79.5 Å². The summed E-state index contributed by atoms with van der Waals surface area (Å²) in [6.45, 7) is 4.64. The van der Waals surface area contributed by atoms with Crippen molar-refractivity contribution in [2.24, 2.45) is 0 Å². The average Bonchev–Trinajstić information content (AvgIpc) is 3.38. The number of aryl methyl sites for hydroxylation is 1. The molecular weight excluding hydrogens is 332 g/mol. The predicted molar refractivity (Wildman–Crippen MR) is 97.0 cm³/mol. The maximum atomic E-state index is 12.7. The summed E-state index contributed by atoms with van der Waals surface area (Å²) in [7, 11) is 0. The molecular formula is C20H26N2O4. The van der Waals surface area contributed by atoms with Crippen molar-refractivity contribution in [2.45, 2.75) is 65.3 Å². The first-order chi connectivity index (χ1) is 12.4. The van der Waals surface area contributed by atoms with Crippen molar-refractivity contribution in [2.75, 3.05) is 6.61 Å². The lowest BCUT2D eigenvalue weighted by atomic mass is 10.0. The molecule has 0 aliphatic heterocycles. The number of allylic oxidation sites excluding steroid dienone is 2. The number of Topliss-reactive ketones (excluding diaryl/α,β-unsaturated/α-hetero) is 1. The second-order valence-electron chi connectivity index (χ2n) is 7.19. The van der Waals surface area contributed by atoms with Gasteiger partial charge in [0.1, 0.15) is 5.69 Å². The fourth-order valence-electron chi connectivity index (χ4n) is 3.72. The quantitative estimate of drug-likeness (QED) is 0.624. The monoisotopic (exact) mass is 358 g/mol. The number of aromatic amines is 1. The van der Waals surface area contributed by atoms with Crippen LogP contribution in [-0.4, -0.2) is 40.2 Å². The van der Waals surface area contributed by atoms with Crippen molar-refractivity contribution in [1.82, 2.24) is 9.88 Å². The summed E-state index contributed by atoms with van der Waals surface area (Å²) in [5.41, 5.74) is 3.04. The zero-order valence-corrected chi connectivity index (χ0v) is 15.7. The molecule has 1 saturated carbocycles. The normalized spacial score (nSPS) is 16.8. The third-order valence-electron chi connectivity index (χ3n) is 5.08. The first-order valence-electron chi connectivity index (χ1n) is 9.28. The minimum Gasteiger partial charge on any atom is -0.451 e. The fraction of sp³-hybridized carbons (Fsp3) is 0.550. The summed E-state index contributed by atoms with van der Waals surface area (Å²) in [5, 5.41) is 0. The standard InChI is InChI=1S/C20H26N2O4/c1-12-18(14(3)23)13(2)21-19(12)20(25)26-11-17(24)22(16-9-10-16)15-7-5-4-6-8-15/h7,16,21H,4-6,8-11H2,1-3H3. The Hall–Kier alpha value is -2.37. The lowest BCUT2D eigenvalue weighted by Gasteiger charge is -2.27. The number of esters is 1. The van der Waals surface area contributed by atoms with E-state index in [-0.39, 0.29) is 30.0 Å². The Kier molecular flexibility index (Phi) is 5.30. The number of nitrogens with zero attached hydrogens (tertiary/aromatic N) is 1. The van der Waals surface area contributed by atoms with Crippen LogP contribution < -0.4 is 0 Å². The summed E-state index contributed by atoms with van der Waals surface area (Å²) in [6.07, 6.45) is 8.32. The average molecular weight is 358 g/mol. The number of H-pyrrole nitrogens is 1. The molecule has 0 unspecified atom stereocenters. The second-order valence-corrected chi connectivity index (χ2v) is 7.19. The molecule has 1 aromatic heterocycles. The highest BCUT2D eigenvalue weighted by atomic mass is 16.5. The predicted octanol–water partition coefficient (Wildman–Crippen LogP) is 3.44. The highest BCUT2D eigenvalue weighted by molar-refractivity contribution is 6.01. The Bertz CT molecular complexity index is 771. The number of ketones is 1. The molecule has 3 rings (SSSR count). The molecule has 1 heterocycles. The Labute approximate surface area is 153 Å². The zero-order valence-electron chi connectivity index (χ0n) is 15.7. The van der Waals surface area contributed by atoms with Crippen LogP contribution in [0.1, 0.15) is 77.6 Å². The molecule has 0 spiro atoms. The fourth-order valence-corrected chi connectivity index (χ4v) is 3.72. The minimum absolute atomic E-state index is 0.101. The Morgan fingerprint density at radius 1 is 1.23 bits per heavy atom. The van der Waals surface area contributed by atoms with Crippen molar-refractivity contribution in [3.63, 3.8) is 0 Å². The van der Waals surface area contributed by atoms with Crippen molar-refractivity contribution in [3.05, 3.63) is 34.3 Å². The van der Waals surface area contributed by atoms with Crippen LogP contribution in [0.5, 0.6) is 0 Å². The minimum atomic E-state index is -0.597. The van der Waals surface area contributed by atoms with Gasteiger partial charge in [0.2, 0.25) is 0 Å². The van der Waals surface area contributed by atoms with Gasteiger partial charge < -0.3 is 14.6 Å². The number of aromatic nitrogens is 1. The van der Waals surface area contributed by atoms with E-state index in [1.54, 1.807) is 13.8 Å². The molecule has 1 amide bonds. The van der Waals surface area contributed by atoms with E-state index in [2.05, 4.69) is 11.1 Å². The number of carbonyl (C=O) groups is 3. The van der Waals surface area contributed by atoms with E-state index in [9.17, 15) is 14.4 Å². The van der Waals surface area contributed by atoms with Crippen LogP contribution in [0.4, 0.5) is 0 Å². The second kappa shape index (κ2) is 7.48. The maximum absolute atomic E-state index is 12.7. The van der Waals surface area contributed by atoms with Gasteiger partial charge in [-0.2, -0.15) is 0 Å². The summed E-state index contributed by atoms with van der Waals surface area (Å²) in [5.74, 6) is -0.864. The summed E-state index contributed by atoms with van der Waals surface area (Å²) >= 11 is 0.